The molecule has 0 radical (unpaired) electrons. The zero-order valence-electron chi connectivity index (χ0n) is 13.9. The summed E-state index contributed by atoms with van der Waals surface area (Å²) in [5.74, 6) is -1.07. The van der Waals surface area contributed by atoms with Crippen LogP contribution in [0.25, 0.3) is 0 Å². The first-order valence-corrected chi connectivity index (χ1v) is 9.87. The van der Waals surface area contributed by atoms with Crippen molar-refractivity contribution < 1.29 is 40.3 Å². The number of rotatable bonds is 6. The number of hydrogen-bond acceptors (Lipinski definition) is 4. The quantitative estimate of drug-likeness (QED) is 0.368. The molecule has 0 aliphatic rings. The van der Waals surface area contributed by atoms with Gasteiger partial charge in [-0.05, 0) is 13.8 Å². The third-order valence-corrected chi connectivity index (χ3v) is 5.27. The molecule has 0 aromatic heterocycles. The van der Waals surface area contributed by atoms with Crippen LogP contribution < -0.4 is 21.2 Å². The predicted molar refractivity (Wildman–Crippen MR) is 88.2 cm³/mol. The van der Waals surface area contributed by atoms with Crippen molar-refractivity contribution in [3.8, 4) is 0 Å². The van der Waals surface area contributed by atoms with E-state index >= 15 is 0 Å². The van der Waals surface area contributed by atoms with Gasteiger partial charge in [-0.3, -0.25) is 9.59 Å². The summed E-state index contributed by atoms with van der Waals surface area (Å²) < 4.78 is 12.0. The van der Waals surface area contributed by atoms with Crippen molar-refractivity contribution in [2.45, 2.75) is 20.3 Å². The minimum atomic E-state index is -0.536. The first-order chi connectivity index (χ1) is 11.7. The van der Waals surface area contributed by atoms with E-state index in [0.717, 1.165) is 0 Å². The van der Waals surface area contributed by atoms with Gasteiger partial charge in [0.25, 0.3) is 0 Å². The van der Waals surface area contributed by atoms with E-state index in [1.807, 2.05) is 0 Å². The zero-order valence-corrected chi connectivity index (χ0v) is 16.1. The maximum absolute atomic E-state index is 10.6. The number of hydrogen-bond donors (Lipinski definition) is 0. The molecule has 0 saturated heterocycles. The Morgan fingerprint density at radius 2 is 1.12 bits per heavy atom. The molecule has 2 aromatic carbocycles. The Kier molecular flexibility index (Phi) is 10.5. The fourth-order valence-corrected chi connectivity index (χ4v) is 3.89. The van der Waals surface area contributed by atoms with Crippen molar-refractivity contribution in [3.63, 3.8) is 0 Å². The molecule has 0 aliphatic heterocycles. The maximum atomic E-state index is 10.6. The molecule has 2 rings (SSSR count). The van der Waals surface area contributed by atoms with Crippen LogP contribution in [0.3, 0.4) is 0 Å². The Labute approximate surface area is 153 Å². The first-order valence-electron chi connectivity index (χ1n) is 7.71. The molecule has 0 N–H and O–H groups in total. The molecular formula is C19H22IO4-. The molecule has 130 valence electrons. The van der Waals surface area contributed by atoms with Gasteiger partial charge in [0.2, 0.25) is 0 Å². The number of esters is 2. The summed E-state index contributed by atoms with van der Waals surface area (Å²) in [5.41, 5.74) is 0. The Morgan fingerprint density at radius 1 is 0.750 bits per heavy atom. The van der Waals surface area contributed by atoms with E-state index in [2.05, 4.69) is 70.1 Å². The van der Waals surface area contributed by atoms with Gasteiger partial charge in [-0.1, -0.05) is 0 Å². The van der Waals surface area contributed by atoms with Crippen molar-refractivity contribution in [2.75, 3.05) is 13.2 Å². The molecule has 0 heterocycles. The molecule has 24 heavy (non-hydrogen) atoms. The van der Waals surface area contributed by atoms with Crippen LogP contribution in [0.2, 0.25) is 0 Å². The van der Waals surface area contributed by atoms with E-state index in [4.69, 9.17) is 0 Å². The van der Waals surface area contributed by atoms with Crippen LogP contribution in [0, 0.1) is 7.14 Å². The average Bonchev–Trinajstić information content (AvgIpc) is 2.58. The molecule has 2 aromatic rings. The van der Waals surface area contributed by atoms with E-state index in [1.54, 1.807) is 13.8 Å². The standard InChI is InChI=1S/C12H10I.C7H12O4/c1-3-7-11(8-4-1)13-12-9-5-2-6-10-12;1-3-10-6(8)5-7(9)11-4-2/h1-10H;3-5H2,1-2H3/q-1;. The third-order valence-electron chi connectivity index (χ3n) is 2.58. The van der Waals surface area contributed by atoms with Gasteiger partial charge in [0.05, 0.1) is 13.2 Å². The van der Waals surface area contributed by atoms with Gasteiger partial charge in [0.1, 0.15) is 6.42 Å². The zero-order chi connectivity index (χ0) is 17.6. The Morgan fingerprint density at radius 3 is 1.46 bits per heavy atom. The van der Waals surface area contributed by atoms with E-state index in [9.17, 15) is 9.59 Å². The normalized spacial score (nSPS) is 9.58. The van der Waals surface area contributed by atoms with Crippen LogP contribution in [-0.4, -0.2) is 25.2 Å². The predicted octanol–water partition coefficient (Wildman–Crippen LogP) is 0.318. The van der Waals surface area contributed by atoms with Gasteiger partial charge in [0.15, 0.2) is 0 Å². The minimum absolute atomic E-state index is 0.0287. The molecule has 0 atom stereocenters. The van der Waals surface area contributed by atoms with Gasteiger partial charge >= 0.3 is 101 Å². The monoisotopic (exact) mass is 441 g/mol. The molecule has 0 saturated carbocycles. The number of carbonyl (C=O) groups excluding carboxylic acids is 2. The summed E-state index contributed by atoms with van der Waals surface area (Å²) in [5, 5.41) is 0. The van der Waals surface area contributed by atoms with Crippen LogP contribution in [0.4, 0.5) is 0 Å². The van der Waals surface area contributed by atoms with Crippen LogP contribution in [0.15, 0.2) is 60.7 Å². The summed E-state index contributed by atoms with van der Waals surface area (Å²) >= 11 is 0.0287. The molecule has 0 spiro atoms. The Bertz CT molecular complexity index is 546. The average molecular weight is 441 g/mol. The number of carbonyl (C=O) groups is 2. The van der Waals surface area contributed by atoms with E-state index in [0.29, 0.717) is 0 Å². The number of ether oxygens (including phenoxy) is 2. The fourth-order valence-electron chi connectivity index (χ4n) is 1.62. The van der Waals surface area contributed by atoms with Crippen molar-refractivity contribution in [1.29, 1.82) is 0 Å². The summed E-state index contributed by atoms with van der Waals surface area (Å²) in [6, 6.07) is 21.4. The number of benzene rings is 2. The second kappa shape index (κ2) is 12.5. The SMILES string of the molecule is CCOC(=O)CC(=O)OCC.c1ccc([I-]c2ccccc2)cc1. The van der Waals surface area contributed by atoms with E-state index < -0.39 is 11.9 Å². The molecule has 0 aliphatic carbocycles. The van der Waals surface area contributed by atoms with Crippen molar-refractivity contribution in [3.05, 3.63) is 67.8 Å². The second-order valence-corrected chi connectivity index (χ2v) is 7.50. The van der Waals surface area contributed by atoms with Crippen molar-refractivity contribution in [2.24, 2.45) is 0 Å². The summed E-state index contributed by atoms with van der Waals surface area (Å²) in [4.78, 5) is 21.2. The topological polar surface area (TPSA) is 52.6 Å². The molecule has 0 unspecified atom stereocenters. The molecule has 4 nitrogen and oxygen atoms in total. The van der Waals surface area contributed by atoms with Crippen LogP contribution in [-0.2, 0) is 19.1 Å². The second-order valence-electron chi connectivity index (χ2n) is 4.47. The van der Waals surface area contributed by atoms with Gasteiger partial charge in [0, 0.05) is 0 Å². The molecule has 0 amide bonds. The van der Waals surface area contributed by atoms with Crippen LogP contribution in [0.5, 0.6) is 0 Å². The third kappa shape index (κ3) is 9.29. The van der Waals surface area contributed by atoms with Gasteiger partial charge in [-0.15, -0.1) is 0 Å². The van der Waals surface area contributed by atoms with Gasteiger partial charge in [-0.25, -0.2) is 0 Å². The van der Waals surface area contributed by atoms with E-state index in [1.165, 1.54) is 7.14 Å². The summed E-state index contributed by atoms with van der Waals surface area (Å²) in [7, 11) is 0. The number of halogens is 1. The van der Waals surface area contributed by atoms with Gasteiger partial charge in [-0.2, -0.15) is 0 Å². The van der Waals surface area contributed by atoms with Crippen molar-refractivity contribution in [1.82, 2.24) is 0 Å². The van der Waals surface area contributed by atoms with Crippen LogP contribution in [0.1, 0.15) is 20.3 Å². The van der Waals surface area contributed by atoms with Crippen molar-refractivity contribution >= 4 is 11.9 Å². The Balaban J connectivity index is 0.000000245. The molecular weight excluding hydrogens is 419 g/mol. The Hall–Kier alpha value is -1.89. The molecule has 0 fully saturated rings. The van der Waals surface area contributed by atoms with E-state index in [-0.39, 0.29) is 40.8 Å². The first kappa shape index (κ1) is 20.2. The van der Waals surface area contributed by atoms with Crippen LogP contribution >= 0.6 is 0 Å². The van der Waals surface area contributed by atoms with Gasteiger partial charge < -0.3 is 9.47 Å². The molecule has 5 heteroatoms. The summed E-state index contributed by atoms with van der Waals surface area (Å²) in [6.45, 7) is 3.95. The summed E-state index contributed by atoms with van der Waals surface area (Å²) in [6.07, 6.45) is -0.290. The molecule has 0 bridgehead atoms. The fraction of sp³-hybridized carbons (Fsp3) is 0.263.